The highest BCUT2D eigenvalue weighted by Gasteiger charge is 2.34. The Labute approximate surface area is 181 Å². The number of hydrogen-bond donors (Lipinski definition) is 1. The SMILES string of the molecule is C=CCOc1ccc([N+](=O)[O-])cc1/C=C1\C(=O)NC(=S)N(c2ccc(Cl)cc2)C1=O. The minimum atomic E-state index is -0.726. The van der Waals surface area contributed by atoms with Gasteiger partial charge in [0.15, 0.2) is 5.11 Å². The number of anilines is 1. The fraction of sp³-hybridized carbons (Fsp3) is 0.0500. The number of non-ortho nitro benzene ring substituents is 1. The van der Waals surface area contributed by atoms with E-state index in [4.69, 9.17) is 28.6 Å². The third-order valence-corrected chi connectivity index (χ3v) is 4.58. The molecule has 2 amide bonds. The van der Waals surface area contributed by atoms with E-state index in [0.29, 0.717) is 10.7 Å². The van der Waals surface area contributed by atoms with Crippen molar-refractivity contribution in [1.82, 2.24) is 5.32 Å². The maximum absolute atomic E-state index is 13.1. The van der Waals surface area contributed by atoms with Crippen molar-refractivity contribution in [3.63, 3.8) is 0 Å². The predicted molar refractivity (Wildman–Crippen MR) is 116 cm³/mol. The highest BCUT2D eigenvalue weighted by Crippen LogP contribution is 2.29. The number of ether oxygens (including phenoxy) is 1. The highest BCUT2D eigenvalue weighted by atomic mass is 35.5. The molecule has 1 fully saturated rings. The first-order valence-corrected chi connectivity index (χ1v) is 9.29. The van der Waals surface area contributed by atoms with E-state index >= 15 is 0 Å². The zero-order valence-corrected chi connectivity index (χ0v) is 16.9. The molecule has 1 aliphatic rings. The van der Waals surface area contributed by atoms with Gasteiger partial charge in [0.05, 0.1) is 10.6 Å². The number of rotatable bonds is 6. The van der Waals surface area contributed by atoms with Crippen LogP contribution in [0, 0.1) is 10.1 Å². The van der Waals surface area contributed by atoms with Gasteiger partial charge in [0.1, 0.15) is 17.9 Å². The lowest BCUT2D eigenvalue weighted by Crippen LogP contribution is -2.54. The molecule has 0 radical (unpaired) electrons. The van der Waals surface area contributed by atoms with Gasteiger partial charge in [0.2, 0.25) is 0 Å². The average molecular weight is 444 g/mol. The van der Waals surface area contributed by atoms with Crippen LogP contribution in [0.4, 0.5) is 11.4 Å². The zero-order chi connectivity index (χ0) is 21.8. The Morgan fingerprint density at radius 3 is 2.57 bits per heavy atom. The van der Waals surface area contributed by atoms with Gasteiger partial charge in [-0.25, -0.2) is 0 Å². The maximum Gasteiger partial charge on any atom is 0.270 e. The largest absolute Gasteiger partial charge is 0.489 e. The molecular weight excluding hydrogens is 430 g/mol. The third kappa shape index (κ3) is 4.37. The number of nitrogens with zero attached hydrogens (tertiary/aromatic N) is 2. The molecule has 0 unspecified atom stereocenters. The molecular formula is C20H14ClN3O5S. The van der Waals surface area contributed by atoms with Crippen molar-refractivity contribution in [1.29, 1.82) is 0 Å². The number of hydrogen-bond acceptors (Lipinski definition) is 6. The van der Waals surface area contributed by atoms with Crippen LogP contribution in [0.1, 0.15) is 5.56 Å². The second-order valence-corrected chi connectivity index (χ2v) is 6.84. The van der Waals surface area contributed by atoms with E-state index in [1.54, 1.807) is 24.3 Å². The predicted octanol–water partition coefficient (Wildman–Crippen LogP) is 3.64. The minimum absolute atomic E-state index is 0.0911. The van der Waals surface area contributed by atoms with Gasteiger partial charge in [-0.15, -0.1) is 0 Å². The van der Waals surface area contributed by atoms with Crippen molar-refractivity contribution in [2.24, 2.45) is 0 Å². The monoisotopic (exact) mass is 443 g/mol. The molecule has 0 saturated carbocycles. The number of nitro groups is 1. The van der Waals surface area contributed by atoms with Gasteiger partial charge in [-0.1, -0.05) is 24.3 Å². The summed E-state index contributed by atoms with van der Waals surface area (Å²) in [5.74, 6) is -1.16. The Kier molecular flexibility index (Phi) is 6.24. The van der Waals surface area contributed by atoms with Gasteiger partial charge in [-0.05, 0) is 48.6 Å². The van der Waals surface area contributed by atoms with Crippen LogP contribution >= 0.6 is 23.8 Å². The fourth-order valence-corrected chi connectivity index (χ4v) is 3.09. The van der Waals surface area contributed by atoms with Crippen molar-refractivity contribution in [3.05, 3.63) is 81.4 Å². The number of amides is 2. The quantitative estimate of drug-likeness (QED) is 0.183. The molecule has 0 spiro atoms. The first-order chi connectivity index (χ1) is 14.3. The van der Waals surface area contributed by atoms with E-state index in [0.717, 1.165) is 4.90 Å². The number of carbonyl (C=O) groups is 2. The molecule has 1 N–H and O–H groups in total. The number of nitrogens with one attached hydrogen (secondary N) is 1. The van der Waals surface area contributed by atoms with Crippen LogP contribution in [0.15, 0.2) is 60.7 Å². The van der Waals surface area contributed by atoms with Crippen LogP contribution in [0.25, 0.3) is 6.08 Å². The fourth-order valence-electron chi connectivity index (χ4n) is 2.68. The van der Waals surface area contributed by atoms with Crippen LogP contribution in [-0.2, 0) is 9.59 Å². The minimum Gasteiger partial charge on any atom is -0.489 e. The van der Waals surface area contributed by atoms with E-state index in [1.807, 2.05) is 0 Å². The summed E-state index contributed by atoms with van der Waals surface area (Å²) in [6.07, 6.45) is 2.73. The molecule has 8 nitrogen and oxygen atoms in total. The first-order valence-electron chi connectivity index (χ1n) is 8.51. The summed E-state index contributed by atoms with van der Waals surface area (Å²) >= 11 is 11.0. The van der Waals surface area contributed by atoms with Gasteiger partial charge in [0, 0.05) is 22.7 Å². The van der Waals surface area contributed by atoms with Crippen LogP contribution < -0.4 is 15.0 Å². The summed E-state index contributed by atoms with van der Waals surface area (Å²) in [5, 5.41) is 14.0. The second kappa shape index (κ2) is 8.85. The topological polar surface area (TPSA) is 102 Å². The zero-order valence-electron chi connectivity index (χ0n) is 15.3. The van der Waals surface area contributed by atoms with Crippen LogP contribution in [0.5, 0.6) is 5.75 Å². The molecule has 3 rings (SSSR count). The Hall–Kier alpha value is -3.56. The number of thiocarbonyl (C=S) groups is 1. The number of nitro benzene ring substituents is 1. The van der Waals surface area contributed by atoms with E-state index in [-0.39, 0.29) is 34.3 Å². The Bertz CT molecular complexity index is 1100. The lowest BCUT2D eigenvalue weighted by molar-refractivity contribution is -0.384. The molecule has 10 heteroatoms. The molecule has 0 atom stereocenters. The van der Waals surface area contributed by atoms with E-state index in [1.165, 1.54) is 30.4 Å². The van der Waals surface area contributed by atoms with Crippen LogP contribution in [-0.4, -0.2) is 28.5 Å². The summed E-state index contributed by atoms with van der Waals surface area (Å²) in [5.41, 5.74) is 0.111. The Morgan fingerprint density at radius 2 is 1.93 bits per heavy atom. The smallest absolute Gasteiger partial charge is 0.270 e. The van der Waals surface area contributed by atoms with Crippen molar-refractivity contribution < 1.29 is 19.2 Å². The molecule has 1 saturated heterocycles. The van der Waals surface area contributed by atoms with Crippen molar-refractivity contribution in [2.45, 2.75) is 0 Å². The molecule has 0 bridgehead atoms. The molecule has 152 valence electrons. The van der Waals surface area contributed by atoms with Gasteiger partial charge in [-0.3, -0.25) is 29.9 Å². The number of benzene rings is 2. The first kappa shape index (κ1) is 21.2. The molecule has 2 aromatic carbocycles. The number of halogens is 1. The molecule has 1 heterocycles. The standard InChI is InChI=1S/C20H14ClN3O5S/c1-2-9-29-17-8-7-15(24(27)28)10-12(17)11-16-18(25)22-20(30)23(19(16)26)14-5-3-13(21)4-6-14/h2-8,10-11H,1,9H2,(H,22,25,30)/b16-11+. The summed E-state index contributed by atoms with van der Waals surface area (Å²) < 4.78 is 5.50. The van der Waals surface area contributed by atoms with Crippen LogP contribution in [0.3, 0.4) is 0 Å². The summed E-state index contributed by atoms with van der Waals surface area (Å²) in [6, 6.07) is 10.2. The van der Waals surface area contributed by atoms with E-state index in [9.17, 15) is 19.7 Å². The Morgan fingerprint density at radius 1 is 1.23 bits per heavy atom. The third-order valence-electron chi connectivity index (χ3n) is 4.05. The van der Waals surface area contributed by atoms with Gasteiger partial charge in [-0.2, -0.15) is 0 Å². The molecule has 2 aromatic rings. The molecule has 30 heavy (non-hydrogen) atoms. The lowest BCUT2D eigenvalue weighted by atomic mass is 10.1. The maximum atomic E-state index is 13.1. The second-order valence-electron chi connectivity index (χ2n) is 6.01. The average Bonchev–Trinajstić information content (AvgIpc) is 2.71. The van der Waals surface area contributed by atoms with Gasteiger partial charge >= 0.3 is 0 Å². The molecule has 0 aromatic heterocycles. The van der Waals surface area contributed by atoms with Crippen LogP contribution in [0.2, 0.25) is 5.02 Å². The summed E-state index contributed by atoms with van der Waals surface area (Å²) in [6.45, 7) is 3.69. The van der Waals surface area contributed by atoms with Crippen molar-refractivity contribution >= 4 is 58.2 Å². The van der Waals surface area contributed by atoms with Crippen molar-refractivity contribution in [3.8, 4) is 5.75 Å². The highest BCUT2D eigenvalue weighted by molar-refractivity contribution is 7.80. The van der Waals surface area contributed by atoms with E-state index < -0.39 is 16.7 Å². The number of carbonyl (C=O) groups excluding carboxylic acids is 2. The van der Waals surface area contributed by atoms with Gasteiger partial charge in [0.25, 0.3) is 17.5 Å². The Balaban J connectivity index is 2.07. The molecule has 1 aliphatic heterocycles. The summed E-state index contributed by atoms with van der Waals surface area (Å²) in [7, 11) is 0. The van der Waals surface area contributed by atoms with Crippen molar-refractivity contribution in [2.75, 3.05) is 11.5 Å². The molecule has 0 aliphatic carbocycles. The normalized spacial score (nSPS) is 15.2. The van der Waals surface area contributed by atoms with Gasteiger partial charge < -0.3 is 4.74 Å². The van der Waals surface area contributed by atoms with E-state index in [2.05, 4.69) is 11.9 Å². The lowest BCUT2D eigenvalue weighted by Gasteiger charge is -2.29. The summed E-state index contributed by atoms with van der Waals surface area (Å²) in [4.78, 5) is 37.2.